The van der Waals surface area contributed by atoms with E-state index in [0.717, 1.165) is 11.3 Å². The summed E-state index contributed by atoms with van der Waals surface area (Å²) in [5.41, 5.74) is 2.45. The van der Waals surface area contributed by atoms with E-state index >= 15 is 0 Å². The largest absolute Gasteiger partial charge is 0.497 e. The molecule has 0 radical (unpaired) electrons. The molecule has 31 heavy (non-hydrogen) atoms. The normalized spacial score (nSPS) is 11.6. The first-order valence-corrected chi connectivity index (χ1v) is 9.73. The van der Waals surface area contributed by atoms with Crippen molar-refractivity contribution in [2.75, 3.05) is 20.3 Å². The van der Waals surface area contributed by atoms with Crippen LogP contribution >= 0.6 is 0 Å². The third-order valence-electron chi connectivity index (χ3n) is 4.76. The van der Waals surface area contributed by atoms with Gasteiger partial charge in [-0.15, -0.1) is 0 Å². The zero-order chi connectivity index (χ0) is 22.8. The Kier molecular flexibility index (Phi) is 6.42. The van der Waals surface area contributed by atoms with Crippen molar-refractivity contribution in [1.82, 2.24) is 9.55 Å². The highest BCUT2D eigenvalue weighted by atomic mass is 19.4. The van der Waals surface area contributed by atoms with Crippen LogP contribution in [0.3, 0.4) is 0 Å². The van der Waals surface area contributed by atoms with Gasteiger partial charge < -0.3 is 18.8 Å². The number of hydrogen-bond donors (Lipinski definition) is 0. The van der Waals surface area contributed by atoms with Gasteiger partial charge in [0.1, 0.15) is 11.4 Å². The van der Waals surface area contributed by atoms with Crippen LogP contribution in [-0.4, -0.2) is 42.0 Å². The van der Waals surface area contributed by atoms with Crippen LogP contribution in [0.25, 0.3) is 22.2 Å². The fourth-order valence-electron chi connectivity index (χ4n) is 3.39. The molecule has 6 nitrogen and oxygen atoms in total. The highest BCUT2D eigenvalue weighted by Crippen LogP contribution is 2.38. The lowest BCUT2D eigenvalue weighted by Crippen LogP contribution is -2.20. The van der Waals surface area contributed by atoms with Crippen LogP contribution in [-0.2, 0) is 18.2 Å². The van der Waals surface area contributed by atoms with Crippen LogP contribution in [0, 0.1) is 0 Å². The molecule has 0 bridgehead atoms. The van der Waals surface area contributed by atoms with E-state index in [-0.39, 0.29) is 18.1 Å². The van der Waals surface area contributed by atoms with Gasteiger partial charge in [-0.05, 0) is 37.1 Å². The summed E-state index contributed by atoms with van der Waals surface area (Å²) in [5.74, 6) is -0.345. The standard InChI is InChI=1S/C22H23F3N2O4/c1-5-17-15(13-8-7-9-14(10-13)29-4)11-16-19(31-12-22(23,24)25)18(21(28)30-6-2)27(3)20(16)26-17/h7-11H,5-6,12H2,1-4H3. The van der Waals surface area contributed by atoms with Crippen LogP contribution in [0.15, 0.2) is 30.3 Å². The van der Waals surface area contributed by atoms with Crippen molar-refractivity contribution < 1.29 is 32.2 Å². The zero-order valence-corrected chi connectivity index (χ0v) is 17.7. The van der Waals surface area contributed by atoms with Crippen molar-refractivity contribution >= 4 is 17.0 Å². The number of aromatic nitrogens is 2. The van der Waals surface area contributed by atoms with E-state index in [4.69, 9.17) is 14.2 Å². The minimum absolute atomic E-state index is 0.0712. The molecule has 0 aliphatic heterocycles. The summed E-state index contributed by atoms with van der Waals surface area (Å²) in [4.78, 5) is 17.2. The molecule has 2 heterocycles. The maximum absolute atomic E-state index is 12.9. The van der Waals surface area contributed by atoms with E-state index in [9.17, 15) is 18.0 Å². The maximum atomic E-state index is 12.9. The average molecular weight is 436 g/mol. The molecule has 0 saturated heterocycles. The molecule has 0 aliphatic carbocycles. The quantitative estimate of drug-likeness (QED) is 0.492. The fourth-order valence-corrected chi connectivity index (χ4v) is 3.39. The molecular formula is C22H23F3N2O4. The Balaban J connectivity index is 2.27. The number of fused-ring (bicyclic) bond motifs is 1. The Hall–Kier alpha value is -3.23. The molecule has 3 aromatic rings. The maximum Gasteiger partial charge on any atom is 0.422 e. The Bertz CT molecular complexity index is 1110. The van der Waals surface area contributed by atoms with Crippen molar-refractivity contribution in [2.24, 2.45) is 7.05 Å². The fraction of sp³-hybridized carbons (Fsp3) is 0.364. The SMILES string of the molecule is CCOC(=O)c1c(OCC(F)(F)F)c2cc(-c3cccc(OC)c3)c(CC)nc2n1C. The van der Waals surface area contributed by atoms with Crippen LogP contribution in [0.4, 0.5) is 13.2 Å². The zero-order valence-electron chi connectivity index (χ0n) is 17.7. The third-order valence-corrected chi connectivity index (χ3v) is 4.76. The molecule has 0 fully saturated rings. The molecular weight excluding hydrogens is 413 g/mol. The number of nitrogens with zero attached hydrogens (tertiary/aromatic N) is 2. The van der Waals surface area contributed by atoms with E-state index < -0.39 is 18.8 Å². The summed E-state index contributed by atoms with van der Waals surface area (Å²) in [5, 5.41) is 0.296. The number of benzene rings is 1. The molecule has 1 aromatic carbocycles. The van der Waals surface area contributed by atoms with Crippen molar-refractivity contribution in [3.63, 3.8) is 0 Å². The monoisotopic (exact) mass is 436 g/mol. The lowest BCUT2D eigenvalue weighted by molar-refractivity contribution is -0.153. The van der Waals surface area contributed by atoms with Crippen LogP contribution < -0.4 is 9.47 Å². The van der Waals surface area contributed by atoms with E-state index in [1.165, 1.54) is 4.57 Å². The van der Waals surface area contributed by atoms with Crippen molar-refractivity contribution in [3.05, 3.63) is 41.7 Å². The predicted molar refractivity (Wildman–Crippen MR) is 110 cm³/mol. The van der Waals surface area contributed by atoms with Gasteiger partial charge in [0.25, 0.3) is 0 Å². The number of pyridine rings is 1. The number of carbonyl (C=O) groups is 1. The summed E-state index contributed by atoms with van der Waals surface area (Å²) in [6, 6.07) is 8.97. The van der Waals surface area contributed by atoms with E-state index in [2.05, 4.69) is 4.98 Å². The summed E-state index contributed by atoms with van der Waals surface area (Å²) < 4.78 is 55.5. The van der Waals surface area contributed by atoms with Gasteiger partial charge in [-0.25, -0.2) is 9.78 Å². The Morgan fingerprint density at radius 3 is 2.55 bits per heavy atom. The first-order chi connectivity index (χ1) is 14.7. The molecule has 9 heteroatoms. The number of rotatable bonds is 7. The molecule has 3 rings (SSSR count). The van der Waals surface area contributed by atoms with Crippen molar-refractivity contribution in [3.8, 4) is 22.6 Å². The van der Waals surface area contributed by atoms with Crippen LogP contribution in [0.2, 0.25) is 0 Å². The minimum Gasteiger partial charge on any atom is -0.497 e. The molecule has 0 N–H and O–H groups in total. The Morgan fingerprint density at radius 1 is 1.19 bits per heavy atom. The number of ether oxygens (including phenoxy) is 3. The smallest absolute Gasteiger partial charge is 0.422 e. The number of esters is 1. The minimum atomic E-state index is -4.57. The van der Waals surface area contributed by atoms with Gasteiger partial charge in [0.15, 0.2) is 18.1 Å². The average Bonchev–Trinajstić information content (AvgIpc) is 3.02. The molecule has 0 unspecified atom stereocenters. The van der Waals surface area contributed by atoms with Gasteiger partial charge in [-0.1, -0.05) is 19.1 Å². The van der Waals surface area contributed by atoms with Gasteiger partial charge in [0.2, 0.25) is 0 Å². The van der Waals surface area contributed by atoms with Crippen molar-refractivity contribution in [2.45, 2.75) is 26.4 Å². The third kappa shape index (κ3) is 4.60. The molecule has 0 atom stereocenters. The molecule has 2 aromatic heterocycles. The molecule has 0 amide bonds. The first-order valence-electron chi connectivity index (χ1n) is 9.73. The summed E-state index contributed by atoms with van der Waals surface area (Å²) >= 11 is 0. The molecule has 0 spiro atoms. The van der Waals surface area contributed by atoms with E-state index in [1.807, 2.05) is 25.1 Å². The second kappa shape index (κ2) is 8.87. The van der Waals surface area contributed by atoms with E-state index in [1.54, 1.807) is 33.2 Å². The van der Waals surface area contributed by atoms with Gasteiger partial charge in [-0.3, -0.25) is 0 Å². The number of methoxy groups -OCH3 is 1. The number of halogens is 3. The number of alkyl halides is 3. The molecule has 0 aliphatic rings. The Morgan fingerprint density at radius 2 is 1.94 bits per heavy atom. The summed E-state index contributed by atoms with van der Waals surface area (Å²) in [6.07, 6.45) is -4.00. The van der Waals surface area contributed by atoms with E-state index in [0.29, 0.717) is 28.8 Å². The number of carbonyl (C=O) groups excluding carboxylic acids is 1. The lowest BCUT2D eigenvalue weighted by Gasteiger charge is -2.12. The Labute approximate surface area is 177 Å². The topological polar surface area (TPSA) is 62.6 Å². The highest BCUT2D eigenvalue weighted by molar-refractivity contribution is 6.02. The van der Waals surface area contributed by atoms with Gasteiger partial charge >= 0.3 is 12.1 Å². The first kappa shape index (κ1) is 22.5. The molecule has 0 saturated carbocycles. The summed E-state index contributed by atoms with van der Waals surface area (Å²) in [6.45, 7) is 2.07. The van der Waals surface area contributed by atoms with Gasteiger partial charge in [0, 0.05) is 12.6 Å². The highest BCUT2D eigenvalue weighted by Gasteiger charge is 2.32. The van der Waals surface area contributed by atoms with Gasteiger partial charge in [0.05, 0.1) is 24.8 Å². The predicted octanol–water partition coefficient (Wildman–Crippen LogP) is 4.93. The molecule has 166 valence electrons. The van der Waals surface area contributed by atoms with Gasteiger partial charge in [-0.2, -0.15) is 13.2 Å². The number of hydrogen-bond acceptors (Lipinski definition) is 5. The van der Waals surface area contributed by atoms with Crippen LogP contribution in [0.5, 0.6) is 11.5 Å². The van der Waals surface area contributed by atoms with Crippen LogP contribution in [0.1, 0.15) is 30.0 Å². The second-order valence-electron chi connectivity index (χ2n) is 6.80. The lowest BCUT2D eigenvalue weighted by atomic mass is 10.0. The second-order valence-corrected chi connectivity index (χ2v) is 6.80. The number of aryl methyl sites for hydroxylation is 2. The van der Waals surface area contributed by atoms with Crippen molar-refractivity contribution in [1.29, 1.82) is 0 Å². The summed E-state index contributed by atoms with van der Waals surface area (Å²) in [7, 11) is 3.10.